The molecule has 2 aromatic rings. The predicted octanol–water partition coefficient (Wildman–Crippen LogP) is 2.18. The van der Waals surface area contributed by atoms with Crippen molar-refractivity contribution in [1.82, 2.24) is 10.2 Å². The second-order valence-corrected chi connectivity index (χ2v) is 7.89. The number of likely N-dealkylation sites (N-methyl/N-ethyl adjacent to an activating group) is 2. The molecule has 0 saturated carbocycles. The summed E-state index contributed by atoms with van der Waals surface area (Å²) in [5.41, 5.74) is 1.07. The fourth-order valence-electron chi connectivity index (χ4n) is 2.98. The molecule has 0 aromatic heterocycles. The number of nitrogens with one attached hydrogen (secondary N) is 1. The van der Waals surface area contributed by atoms with Gasteiger partial charge in [-0.25, -0.2) is 13.0 Å². The van der Waals surface area contributed by atoms with Gasteiger partial charge in [0.05, 0.1) is 17.1 Å². The van der Waals surface area contributed by atoms with Gasteiger partial charge in [0, 0.05) is 26.2 Å². The lowest BCUT2D eigenvalue weighted by atomic mass is 10.2. The Morgan fingerprint density at radius 2 is 1.62 bits per heavy atom. The van der Waals surface area contributed by atoms with Crippen LogP contribution in [-0.4, -0.2) is 53.6 Å². The second kappa shape index (κ2) is 7.61. The maximum atomic E-state index is 14.3. The van der Waals surface area contributed by atoms with E-state index in [0.717, 1.165) is 17.4 Å². The average Bonchev–Trinajstić information content (AvgIpc) is 2.85. The SMILES string of the molecule is CNCCN(C)CCN1c2ccccc2N(c2ccccc2F)S1(=O)=O. The van der Waals surface area contributed by atoms with Gasteiger partial charge < -0.3 is 10.2 Å². The Balaban J connectivity index is 1.94. The lowest BCUT2D eigenvalue weighted by Gasteiger charge is -2.24. The van der Waals surface area contributed by atoms with Crippen LogP contribution in [0.4, 0.5) is 21.5 Å². The molecule has 0 bridgehead atoms. The number of benzene rings is 2. The summed E-state index contributed by atoms with van der Waals surface area (Å²) in [4.78, 5) is 2.06. The van der Waals surface area contributed by atoms with Gasteiger partial charge in [-0.05, 0) is 38.4 Å². The molecular weight excluding hydrogens is 355 g/mol. The van der Waals surface area contributed by atoms with Crippen molar-refractivity contribution in [2.45, 2.75) is 0 Å². The largest absolute Gasteiger partial charge is 0.331 e. The van der Waals surface area contributed by atoms with E-state index in [1.807, 2.05) is 14.1 Å². The molecule has 3 rings (SSSR count). The van der Waals surface area contributed by atoms with E-state index in [1.54, 1.807) is 36.4 Å². The molecule has 0 amide bonds. The van der Waals surface area contributed by atoms with Gasteiger partial charge in [0.2, 0.25) is 0 Å². The molecule has 0 aliphatic carbocycles. The van der Waals surface area contributed by atoms with Crippen molar-refractivity contribution in [3.63, 3.8) is 0 Å². The van der Waals surface area contributed by atoms with Crippen LogP contribution in [0.5, 0.6) is 0 Å². The zero-order valence-electron chi connectivity index (χ0n) is 14.9. The number of para-hydroxylation sites is 3. The molecule has 0 spiro atoms. The standard InChI is InChI=1S/C18H23FN4O2S/c1-20-11-12-21(2)13-14-22-17-9-5-6-10-18(17)23(26(22,24)25)16-8-4-3-7-15(16)19/h3-10,20H,11-14H2,1-2H3. The molecule has 1 N–H and O–H groups in total. The van der Waals surface area contributed by atoms with Gasteiger partial charge in [0.15, 0.2) is 0 Å². The molecule has 6 nitrogen and oxygen atoms in total. The summed E-state index contributed by atoms with van der Waals surface area (Å²) >= 11 is 0. The maximum Gasteiger partial charge on any atom is 0.331 e. The highest BCUT2D eigenvalue weighted by Crippen LogP contribution is 2.45. The van der Waals surface area contributed by atoms with Gasteiger partial charge >= 0.3 is 10.2 Å². The Bertz CT molecular complexity index is 875. The highest BCUT2D eigenvalue weighted by atomic mass is 32.2. The van der Waals surface area contributed by atoms with Crippen LogP contribution >= 0.6 is 0 Å². The minimum absolute atomic E-state index is 0.0333. The topological polar surface area (TPSA) is 55.9 Å². The van der Waals surface area contributed by atoms with E-state index in [2.05, 4.69) is 10.2 Å². The molecule has 1 aliphatic heterocycles. The summed E-state index contributed by atoms with van der Waals surface area (Å²) < 4.78 is 43.1. The molecule has 0 unspecified atom stereocenters. The molecule has 0 fully saturated rings. The molecule has 0 saturated heterocycles. The van der Waals surface area contributed by atoms with Crippen LogP contribution in [0, 0.1) is 5.82 Å². The Morgan fingerprint density at radius 3 is 2.27 bits per heavy atom. The van der Waals surface area contributed by atoms with Crippen molar-refractivity contribution >= 4 is 27.3 Å². The lowest BCUT2D eigenvalue weighted by Crippen LogP contribution is -2.41. The van der Waals surface area contributed by atoms with Gasteiger partial charge in [-0.15, -0.1) is 0 Å². The number of rotatable bonds is 7. The number of halogens is 1. The minimum atomic E-state index is -3.89. The van der Waals surface area contributed by atoms with Crippen molar-refractivity contribution in [2.24, 2.45) is 0 Å². The van der Waals surface area contributed by atoms with Crippen LogP contribution in [0.25, 0.3) is 0 Å². The van der Waals surface area contributed by atoms with E-state index in [9.17, 15) is 12.8 Å². The van der Waals surface area contributed by atoms with E-state index in [-0.39, 0.29) is 5.69 Å². The number of nitrogens with zero attached hydrogens (tertiary/aromatic N) is 3. The first-order chi connectivity index (χ1) is 12.5. The molecular formula is C18H23FN4O2S. The Labute approximate surface area is 154 Å². The summed E-state index contributed by atoms with van der Waals surface area (Å²) in [6.45, 7) is 2.50. The van der Waals surface area contributed by atoms with Gasteiger partial charge in [-0.3, -0.25) is 0 Å². The van der Waals surface area contributed by atoms with Gasteiger partial charge in [-0.1, -0.05) is 24.3 Å². The van der Waals surface area contributed by atoms with E-state index in [1.165, 1.54) is 16.4 Å². The van der Waals surface area contributed by atoms with Gasteiger partial charge in [-0.2, -0.15) is 8.42 Å². The van der Waals surface area contributed by atoms with Crippen LogP contribution in [0.15, 0.2) is 48.5 Å². The van der Waals surface area contributed by atoms with Crippen LogP contribution in [-0.2, 0) is 10.2 Å². The molecule has 140 valence electrons. The zero-order valence-corrected chi connectivity index (χ0v) is 15.7. The fraction of sp³-hybridized carbons (Fsp3) is 0.333. The Hall–Kier alpha value is -2.16. The highest BCUT2D eigenvalue weighted by molar-refractivity contribution is 7.95. The first-order valence-corrected chi connectivity index (χ1v) is 9.86. The summed E-state index contributed by atoms with van der Waals surface area (Å²) in [5.74, 6) is -0.570. The van der Waals surface area contributed by atoms with E-state index < -0.39 is 16.0 Å². The third-order valence-corrected chi connectivity index (χ3v) is 6.17. The first kappa shape index (κ1) is 18.6. The number of hydrogen-bond acceptors (Lipinski definition) is 4. The molecule has 26 heavy (non-hydrogen) atoms. The maximum absolute atomic E-state index is 14.3. The molecule has 2 aromatic carbocycles. The van der Waals surface area contributed by atoms with Crippen LogP contribution in [0.1, 0.15) is 0 Å². The van der Waals surface area contributed by atoms with E-state index in [4.69, 9.17) is 0 Å². The molecule has 0 radical (unpaired) electrons. The summed E-state index contributed by atoms with van der Waals surface area (Å²) in [6.07, 6.45) is 0. The van der Waals surface area contributed by atoms with Crippen molar-refractivity contribution in [3.8, 4) is 0 Å². The smallest absolute Gasteiger partial charge is 0.318 e. The second-order valence-electron chi connectivity index (χ2n) is 6.19. The number of anilines is 3. The molecule has 1 aliphatic rings. The van der Waals surface area contributed by atoms with Crippen LogP contribution in [0.3, 0.4) is 0 Å². The summed E-state index contributed by atoms with van der Waals surface area (Å²) in [7, 11) is -0.0731. The fourth-order valence-corrected chi connectivity index (χ4v) is 4.69. The molecule has 1 heterocycles. The van der Waals surface area contributed by atoms with Crippen LogP contribution < -0.4 is 13.9 Å². The quantitative estimate of drug-likeness (QED) is 0.802. The summed E-state index contributed by atoms with van der Waals surface area (Å²) in [5, 5.41) is 3.07. The van der Waals surface area contributed by atoms with Gasteiger partial charge in [0.25, 0.3) is 0 Å². The lowest BCUT2D eigenvalue weighted by molar-refractivity contribution is 0.345. The van der Waals surface area contributed by atoms with Gasteiger partial charge in [0.1, 0.15) is 5.82 Å². The normalized spacial score (nSPS) is 15.5. The molecule has 8 heteroatoms. The summed E-state index contributed by atoms with van der Waals surface area (Å²) in [6, 6.07) is 12.9. The highest BCUT2D eigenvalue weighted by Gasteiger charge is 2.41. The predicted molar refractivity (Wildman–Crippen MR) is 103 cm³/mol. The van der Waals surface area contributed by atoms with Crippen LogP contribution in [0.2, 0.25) is 0 Å². The van der Waals surface area contributed by atoms with Crippen molar-refractivity contribution in [1.29, 1.82) is 0 Å². The van der Waals surface area contributed by atoms with Crippen molar-refractivity contribution < 1.29 is 12.8 Å². The first-order valence-electron chi connectivity index (χ1n) is 8.46. The number of fused-ring (bicyclic) bond motifs is 1. The van der Waals surface area contributed by atoms with Crippen molar-refractivity contribution in [3.05, 3.63) is 54.3 Å². The van der Waals surface area contributed by atoms with E-state index in [0.29, 0.717) is 24.5 Å². The molecule has 0 atom stereocenters. The average molecular weight is 378 g/mol. The number of hydrogen-bond donors (Lipinski definition) is 1. The Morgan fingerprint density at radius 1 is 1.00 bits per heavy atom. The monoisotopic (exact) mass is 378 g/mol. The Kier molecular flexibility index (Phi) is 5.45. The minimum Gasteiger partial charge on any atom is -0.318 e. The van der Waals surface area contributed by atoms with E-state index >= 15 is 0 Å². The van der Waals surface area contributed by atoms with Crippen molar-refractivity contribution in [2.75, 3.05) is 48.9 Å². The third-order valence-electron chi connectivity index (χ3n) is 4.38. The zero-order chi connectivity index (χ0) is 18.7. The third kappa shape index (κ3) is 3.40.